The van der Waals surface area contributed by atoms with Crippen LogP contribution in [0.2, 0.25) is 0 Å². The number of nitro benzene ring substituents is 1. The summed E-state index contributed by atoms with van der Waals surface area (Å²) in [6, 6.07) is 12.2. The maximum absolute atomic E-state index is 13.7. The summed E-state index contributed by atoms with van der Waals surface area (Å²) < 4.78 is 85.3. The van der Waals surface area contributed by atoms with Gasteiger partial charge in [0.15, 0.2) is 6.61 Å². The van der Waals surface area contributed by atoms with Crippen molar-refractivity contribution in [1.82, 2.24) is 9.88 Å². The van der Waals surface area contributed by atoms with E-state index in [-0.39, 0.29) is 24.2 Å². The fraction of sp³-hybridized carbons (Fsp3) is 0.259. The first-order valence-corrected chi connectivity index (χ1v) is 12.2. The van der Waals surface area contributed by atoms with Crippen LogP contribution in [-0.4, -0.2) is 53.5 Å². The van der Waals surface area contributed by atoms with Gasteiger partial charge in [-0.3, -0.25) is 14.9 Å². The van der Waals surface area contributed by atoms with Gasteiger partial charge in [-0.25, -0.2) is 4.98 Å². The predicted molar refractivity (Wildman–Crippen MR) is 137 cm³/mol. The number of nitro groups is 1. The van der Waals surface area contributed by atoms with Crippen LogP contribution in [0.1, 0.15) is 11.1 Å². The number of aromatic nitrogens is 1. The average molecular weight is 578 g/mol. The van der Waals surface area contributed by atoms with E-state index in [1.54, 1.807) is 12.1 Å². The van der Waals surface area contributed by atoms with Gasteiger partial charge in [-0.2, -0.15) is 26.3 Å². The van der Waals surface area contributed by atoms with Gasteiger partial charge in [0, 0.05) is 43.0 Å². The smallest absolute Gasteiger partial charge is 0.423 e. The topological polar surface area (TPSA) is 88.8 Å². The number of anilines is 1. The molecule has 8 nitrogen and oxygen atoms in total. The van der Waals surface area contributed by atoms with Crippen molar-refractivity contribution in [1.29, 1.82) is 0 Å². The van der Waals surface area contributed by atoms with Gasteiger partial charge < -0.3 is 14.5 Å². The number of rotatable bonds is 5. The maximum atomic E-state index is 13.7. The quantitative estimate of drug-likeness (QED) is 0.163. The Morgan fingerprint density at radius 1 is 0.878 bits per heavy atom. The number of nitrogens with zero attached hydrogens (tertiary/aromatic N) is 4. The highest BCUT2D eigenvalue weighted by atomic mass is 19.4. The minimum atomic E-state index is -4.98. The van der Waals surface area contributed by atoms with Crippen LogP contribution in [0.3, 0.4) is 0 Å². The normalized spacial score (nSPS) is 14.5. The van der Waals surface area contributed by atoms with Crippen LogP contribution in [0.4, 0.5) is 37.8 Å². The van der Waals surface area contributed by atoms with Crippen LogP contribution in [0.5, 0.6) is 5.75 Å². The molecule has 0 bridgehead atoms. The van der Waals surface area contributed by atoms with E-state index in [1.165, 1.54) is 29.2 Å². The number of fused-ring (bicyclic) bond motifs is 2. The number of benzene rings is 3. The maximum Gasteiger partial charge on any atom is 0.423 e. The van der Waals surface area contributed by atoms with Crippen molar-refractivity contribution < 1.29 is 40.8 Å². The number of carbonyl (C=O) groups is 1. The van der Waals surface area contributed by atoms with Crippen molar-refractivity contribution in [3.8, 4) is 5.75 Å². The first-order chi connectivity index (χ1) is 19.3. The number of hydrogen-bond donors (Lipinski definition) is 0. The number of halogens is 6. The van der Waals surface area contributed by atoms with Crippen molar-refractivity contribution in [2.75, 3.05) is 37.7 Å². The highest BCUT2D eigenvalue weighted by Gasteiger charge is 2.40. The highest BCUT2D eigenvalue weighted by Crippen LogP contribution is 2.42. The Hall–Kier alpha value is -4.62. The fourth-order valence-corrected chi connectivity index (χ4v) is 4.72. The second-order valence-electron chi connectivity index (χ2n) is 9.33. The third-order valence-corrected chi connectivity index (χ3v) is 6.77. The molecule has 0 atom stereocenters. The molecule has 0 aliphatic carbocycles. The Kier molecular flexibility index (Phi) is 7.09. The van der Waals surface area contributed by atoms with Crippen LogP contribution < -0.4 is 9.64 Å². The lowest BCUT2D eigenvalue weighted by atomic mass is 10.0. The summed E-state index contributed by atoms with van der Waals surface area (Å²) in [7, 11) is 0. The second kappa shape index (κ2) is 10.4. The molecule has 3 aromatic carbocycles. The van der Waals surface area contributed by atoms with E-state index >= 15 is 0 Å². The predicted octanol–water partition coefficient (Wildman–Crippen LogP) is 6.06. The molecule has 0 spiro atoms. The molecule has 0 saturated carbocycles. The number of carbonyl (C=O) groups excluding carboxylic acids is 1. The molecule has 1 fully saturated rings. The van der Waals surface area contributed by atoms with E-state index in [2.05, 4.69) is 4.98 Å². The van der Waals surface area contributed by atoms with Crippen molar-refractivity contribution in [3.05, 3.63) is 81.9 Å². The Morgan fingerprint density at radius 2 is 1.56 bits per heavy atom. The number of amides is 1. The number of piperazine rings is 1. The molecule has 14 heteroatoms. The van der Waals surface area contributed by atoms with Crippen LogP contribution in [0.15, 0.2) is 60.7 Å². The molecule has 2 heterocycles. The zero-order chi connectivity index (χ0) is 29.5. The molecule has 1 amide bonds. The Labute approximate surface area is 227 Å². The molecule has 0 N–H and O–H groups in total. The zero-order valence-electron chi connectivity index (χ0n) is 21.0. The van der Waals surface area contributed by atoms with Gasteiger partial charge in [-0.1, -0.05) is 6.07 Å². The summed E-state index contributed by atoms with van der Waals surface area (Å²) in [5, 5.41) is 11.2. The van der Waals surface area contributed by atoms with Crippen LogP contribution in [0.25, 0.3) is 21.7 Å². The van der Waals surface area contributed by atoms with Gasteiger partial charge in [0.25, 0.3) is 11.6 Å². The number of ether oxygens (including phenoxy) is 1. The standard InChI is InChI=1S/C27H20F6N4O4/c28-26(29,30)18-4-6-21-17(13-18)3-8-23(34-21)35-9-11-36(12-10-35)24(38)15-41-19-5-1-16-2-7-22(37(39)40)25(20(16)14-19)27(31,32)33/h1-8,13-14H,9-12,15H2. The molecule has 0 unspecified atom stereocenters. The molecular formula is C27H20F6N4O4. The van der Waals surface area contributed by atoms with Crippen LogP contribution in [0, 0.1) is 10.1 Å². The monoisotopic (exact) mass is 578 g/mol. The summed E-state index contributed by atoms with van der Waals surface area (Å²) in [6.45, 7) is 0.893. The summed E-state index contributed by atoms with van der Waals surface area (Å²) in [5.74, 6) is 0.0850. The van der Waals surface area contributed by atoms with E-state index in [0.717, 1.165) is 24.3 Å². The Balaban J connectivity index is 1.23. The lowest BCUT2D eigenvalue weighted by molar-refractivity contribution is -0.387. The second-order valence-corrected chi connectivity index (χ2v) is 9.33. The average Bonchev–Trinajstić information content (AvgIpc) is 2.93. The van der Waals surface area contributed by atoms with E-state index in [4.69, 9.17) is 4.74 Å². The van der Waals surface area contributed by atoms with Crippen molar-refractivity contribution in [3.63, 3.8) is 0 Å². The molecule has 1 aliphatic rings. The van der Waals surface area contributed by atoms with Crippen LogP contribution >= 0.6 is 0 Å². The van der Waals surface area contributed by atoms with Gasteiger partial charge in [0.05, 0.1) is 16.0 Å². The van der Waals surface area contributed by atoms with E-state index in [1.807, 2.05) is 4.90 Å². The highest BCUT2D eigenvalue weighted by molar-refractivity contribution is 5.90. The largest absolute Gasteiger partial charge is 0.484 e. The number of hydrogen-bond acceptors (Lipinski definition) is 6. The molecule has 5 rings (SSSR count). The van der Waals surface area contributed by atoms with Gasteiger partial charge in [0.1, 0.15) is 17.1 Å². The third kappa shape index (κ3) is 5.81. The molecule has 1 saturated heterocycles. The number of alkyl halides is 6. The van der Waals surface area contributed by atoms with Gasteiger partial charge >= 0.3 is 12.4 Å². The molecule has 1 aliphatic heterocycles. The zero-order valence-corrected chi connectivity index (χ0v) is 21.0. The molecule has 1 aromatic heterocycles. The molecule has 4 aromatic rings. The fourth-order valence-electron chi connectivity index (χ4n) is 4.72. The lowest BCUT2D eigenvalue weighted by Crippen LogP contribution is -2.50. The van der Waals surface area contributed by atoms with Gasteiger partial charge in [-0.05, 0) is 53.9 Å². The minimum Gasteiger partial charge on any atom is -0.484 e. The van der Waals surface area contributed by atoms with Crippen molar-refractivity contribution >= 4 is 39.1 Å². The first-order valence-electron chi connectivity index (χ1n) is 12.2. The Morgan fingerprint density at radius 3 is 2.22 bits per heavy atom. The van der Waals surface area contributed by atoms with Gasteiger partial charge in [-0.15, -0.1) is 0 Å². The SMILES string of the molecule is O=C(COc1ccc2ccc([N+](=O)[O-])c(C(F)(F)F)c2c1)N1CCN(c2ccc3cc(C(F)(F)F)ccc3n2)CC1. The van der Waals surface area contributed by atoms with Crippen LogP contribution in [-0.2, 0) is 17.1 Å². The lowest BCUT2D eigenvalue weighted by Gasteiger charge is -2.35. The minimum absolute atomic E-state index is 0.0514. The first kappa shape index (κ1) is 27.9. The molecule has 41 heavy (non-hydrogen) atoms. The third-order valence-electron chi connectivity index (χ3n) is 6.77. The van der Waals surface area contributed by atoms with E-state index < -0.39 is 52.0 Å². The van der Waals surface area contributed by atoms with Gasteiger partial charge in [0.2, 0.25) is 0 Å². The molecular weight excluding hydrogens is 558 g/mol. The molecule has 214 valence electrons. The summed E-state index contributed by atoms with van der Waals surface area (Å²) in [5.41, 5.74) is -2.84. The summed E-state index contributed by atoms with van der Waals surface area (Å²) in [4.78, 5) is 30.7. The summed E-state index contributed by atoms with van der Waals surface area (Å²) in [6.07, 6.45) is -9.44. The van der Waals surface area contributed by atoms with Crippen molar-refractivity contribution in [2.24, 2.45) is 0 Å². The molecule has 0 radical (unpaired) electrons. The van der Waals surface area contributed by atoms with Crippen molar-refractivity contribution in [2.45, 2.75) is 12.4 Å². The van der Waals surface area contributed by atoms with E-state index in [9.17, 15) is 41.3 Å². The van der Waals surface area contributed by atoms with E-state index in [0.29, 0.717) is 29.8 Å². The summed E-state index contributed by atoms with van der Waals surface area (Å²) >= 11 is 0. The number of pyridine rings is 1. The Bertz CT molecular complexity index is 1650.